The lowest BCUT2D eigenvalue weighted by atomic mass is 9.98. The molecule has 0 spiro atoms. The third-order valence-corrected chi connectivity index (χ3v) is 6.30. The molecule has 0 saturated carbocycles. The lowest BCUT2D eigenvalue weighted by molar-refractivity contribution is -0.148. The van der Waals surface area contributed by atoms with Crippen LogP contribution in [0.2, 0.25) is 0 Å². The zero-order chi connectivity index (χ0) is 24.1. The molecule has 2 aromatic carbocycles. The van der Waals surface area contributed by atoms with Crippen molar-refractivity contribution in [1.82, 2.24) is 10.3 Å². The number of benzene rings is 2. The summed E-state index contributed by atoms with van der Waals surface area (Å²) in [6.07, 6.45) is -1.80. The van der Waals surface area contributed by atoms with Gasteiger partial charge in [0, 0.05) is 18.4 Å². The number of fused-ring (bicyclic) bond motifs is 3. The van der Waals surface area contributed by atoms with Crippen molar-refractivity contribution in [3.63, 3.8) is 0 Å². The van der Waals surface area contributed by atoms with Crippen LogP contribution in [0.25, 0.3) is 11.1 Å². The van der Waals surface area contributed by atoms with E-state index >= 15 is 0 Å². The molecular weight excluding hydrogens is 458 g/mol. The van der Waals surface area contributed by atoms with Crippen LogP contribution in [0.5, 0.6) is 0 Å². The first-order chi connectivity index (χ1) is 16.5. The van der Waals surface area contributed by atoms with Gasteiger partial charge in [-0.1, -0.05) is 48.5 Å². The number of hydrogen-bond donors (Lipinski definition) is 3. The predicted octanol–water partition coefficient (Wildman–Crippen LogP) is 3.26. The van der Waals surface area contributed by atoms with Gasteiger partial charge in [-0.05, 0) is 22.3 Å². The van der Waals surface area contributed by atoms with Gasteiger partial charge in [0.15, 0.2) is 11.2 Å². The van der Waals surface area contributed by atoms with Crippen molar-refractivity contribution < 1.29 is 29.0 Å². The average molecular weight is 482 g/mol. The van der Waals surface area contributed by atoms with E-state index < -0.39 is 24.1 Å². The summed E-state index contributed by atoms with van der Waals surface area (Å²) >= 11 is 1.17. The van der Waals surface area contributed by atoms with Gasteiger partial charge in [-0.2, -0.15) is 0 Å². The average Bonchev–Trinajstić information content (AvgIpc) is 3.39. The Morgan fingerprint density at radius 2 is 1.74 bits per heavy atom. The summed E-state index contributed by atoms with van der Waals surface area (Å²) in [5.74, 6) is -1.61. The quantitative estimate of drug-likeness (QED) is 0.428. The van der Waals surface area contributed by atoms with Gasteiger partial charge in [-0.15, -0.1) is 11.3 Å². The first kappa shape index (κ1) is 23.4. The number of amides is 2. The number of nitrogens with one attached hydrogen (secondary N) is 2. The van der Waals surface area contributed by atoms with Gasteiger partial charge in [-0.3, -0.25) is 10.1 Å². The van der Waals surface area contributed by atoms with E-state index in [1.807, 2.05) is 36.4 Å². The number of ether oxygens (including phenoxy) is 2. The number of carboxylic acids is 1. The maximum Gasteiger partial charge on any atom is 0.413 e. The number of methoxy groups -OCH3 is 1. The summed E-state index contributed by atoms with van der Waals surface area (Å²) in [5.41, 5.74) is 4.99. The van der Waals surface area contributed by atoms with Crippen molar-refractivity contribution in [2.45, 2.75) is 18.4 Å². The maximum atomic E-state index is 12.4. The minimum Gasteiger partial charge on any atom is -0.479 e. The van der Waals surface area contributed by atoms with Gasteiger partial charge >= 0.3 is 12.1 Å². The van der Waals surface area contributed by atoms with Crippen LogP contribution in [-0.2, 0) is 25.5 Å². The molecule has 3 aromatic rings. The first-order valence-corrected chi connectivity index (χ1v) is 11.4. The Bertz CT molecular complexity index is 1170. The van der Waals surface area contributed by atoms with E-state index in [9.17, 15) is 14.4 Å². The third kappa shape index (κ3) is 5.24. The minimum absolute atomic E-state index is 0.0459. The van der Waals surface area contributed by atoms with Crippen LogP contribution in [0.4, 0.5) is 9.93 Å². The van der Waals surface area contributed by atoms with E-state index in [1.54, 1.807) is 5.38 Å². The molecule has 0 aliphatic heterocycles. The number of carboxylic acid groups (broad SMARTS) is 1. The molecule has 9 nitrogen and oxygen atoms in total. The second-order valence-electron chi connectivity index (χ2n) is 7.64. The van der Waals surface area contributed by atoms with Gasteiger partial charge in [0.1, 0.15) is 6.61 Å². The second kappa shape index (κ2) is 10.4. The number of nitrogens with zero attached hydrogens (tertiary/aromatic N) is 1. The topological polar surface area (TPSA) is 127 Å². The Morgan fingerprint density at radius 3 is 2.35 bits per heavy atom. The van der Waals surface area contributed by atoms with Gasteiger partial charge in [0.25, 0.3) is 0 Å². The minimum atomic E-state index is -1.16. The standard InChI is InChI=1S/C24H23N3O6S/c1-32-20(22(29)30)11-25-21(28)10-14-13-34-23(26-14)27-24(31)33-12-19-17-8-4-2-6-15(17)16-7-3-5-9-18(16)19/h2-9,13,19-20H,10-12H2,1H3,(H,25,28)(H,29,30)(H,26,27,31). The molecule has 1 atom stereocenters. The highest BCUT2D eigenvalue weighted by atomic mass is 32.1. The van der Waals surface area contributed by atoms with Crippen LogP contribution in [0.15, 0.2) is 53.9 Å². The van der Waals surface area contributed by atoms with Crippen LogP contribution in [-0.4, -0.2) is 54.4 Å². The Kier molecular flexibility index (Phi) is 7.19. The Balaban J connectivity index is 1.29. The van der Waals surface area contributed by atoms with Crippen molar-refractivity contribution >= 4 is 34.4 Å². The Hall–Kier alpha value is -3.76. The van der Waals surface area contributed by atoms with Crippen LogP contribution in [0.1, 0.15) is 22.7 Å². The van der Waals surface area contributed by atoms with Gasteiger partial charge in [-0.25, -0.2) is 14.6 Å². The maximum absolute atomic E-state index is 12.4. The van der Waals surface area contributed by atoms with Gasteiger partial charge in [0.2, 0.25) is 5.91 Å². The van der Waals surface area contributed by atoms with Crippen molar-refractivity contribution in [2.24, 2.45) is 0 Å². The van der Waals surface area contributed by atoms with Gasteiger partial charge < -0.3 is 19.9 Å². The third-order valence-electron chi connectivity index (χ3n) is 5.49. The van der Waals surface area contributed by atoms with E-state index in [-0.39, 0.29) is 25.5 Å². The molecule has 1 aliphatic rings. The molecule has 1 aromatic heterocycles. The molecule has 0 saturated heterocycles. The number of hydrogen-bond acceptors (Lipinski definition) is 7. The number of aromatic nitrogens is 1. The summed E-state index contributed by atoms with van der Waals surface area (Å²) < 4.78 is 10.3. The second-order valence-corrected chi connectivity index (χ2v) is 8.50. The first-order valence-electron chi connectivity index (χ1n) is 10.5. The Morgan fingerprint density at radius 1 is 1.09 bits per heavy atom. The highest BCUT2D eigenvalue weighted by Gasteiger charge is 2.29. The summed E-state index contributed by atoms with van der Waals surface area (Å²) in [6, 6.07) is 16.2. The highest BCUT2D eigenvalue weighted by Crippen LogP contribution is 2.44. The lowest BCUT2D eigenvalue weighted by Gasteiger charge is -2.14. The van der Waals surface area contributed by atoms with Crippen LogP contribution in [0.3, 0.4) is 0 Å². The molecule has 1 aliphatic carbocycles. The van der Waals surface area contributed by atoms with Crippen molar-refractivity contribution in [2.75, 3.05) is 25.6 Å². The molecule has 2 amide bonds. The molecule has 0 radical (unpaired) electrons. The summed E-state index contributed by atoms with van der Waals surface area (Å²) in [5, 5.41) is 16.0. The van der Waals surface area contributed by atoms with E-state index in [1.165, 1.54) is 18.4 Å². The highest BCUT2D eigenvalue weighted by molar-refractivity contribution is 7.13. The normalized spacial score (nSPS) is 13.0. The SMILES string of the molecule is COC(CNC(=O)Cc1csc(NC(=O)OCC2c3ccccc3-c3ccccc32)n1)C(=O)O. The van der Waals surface area contributed by atoms with Crippen LogP contribution in [0, 0.1) is 0 Å². The van der Waals surface area contributed by atoms with Crippen LogP contribution >= 0.6 is 11.3 Å². The molecule has 34 heavy (non-hydrogen) atoms. The molecule has 4 rings (SSSR count). The van der Waals surface area contributed by atoms with E-state index in [2.05, 4.69) is 27.8 Å². The molecule has 10 heteroatoms. The fourth-order valence-corrected chi connectivity index (χ4v) is 4.57. The van der Waals surface area contributed by atoms with Crippen LogP contribution < -0.4 is 10.6 Å². The summed E-state index contributed by atoms with van der Waals surface area (Å²) in [7, 11) is 1.26. The number of rotatable bonds is 9. The number of thiazole rings is 1. The van der Waals surface area contributed by atoms with E-state index in [0.717, 1.165) is 22.3 Å². The number of carbonyl (C=O) groups is 3. The van der Waals surface area contributed by atoms with Crippen molar-refractivity contribution in [3.8, 4) is 11.1 Å². The zero-order valence-corrected chi connectivity index (χ0v) is 19.1. The van der Waals surface area contributed by atoms with Gasteiger partial charge in [0.05, 0.1) is 18.7 Å². The number of anilines is 1. The smallest absolute Gasteiger partial charge is 0.413 e. The largest absolute Gasteiger partial charge is 0.479 e. The van der Waals surface area contributed by atoms with E-state index in [4.69, 9.17) is 14.6 Å². The summed E-state index contributed by atoms with van der Waals surface area (Å²) in [6.45, 7) is 0.0321. The fraction of sp³-hybridized carbons (Fsp3) is 0.250. The van der Waals surface area contributed by atoms with Crippen molar-refractivity contribution in [1.29, 1.82) is 0 Å². The molecule has 1 heterocycles. The van der Waals surface area contributed by atoms with E-state index in [0.29, 0.717) is 10.8 Å². The molecule has 0 bridgehead atoms. The zero-order valence-electron chi connectivity index (χ0n) is 18.3. The predicted molar refractivity (Wildman–Crippen MR) is 126 cm³/mol. The molecule has 0 fully saturated rings. The monoisotopic (exact) mass is 481 g/mol. The molecular formula is C24H23N3O6S. The molecule has 176 valence electrons. The number of carbonyl (C=O) groups excluding carboxylic acids is 2. The molecule has 1 unspecified atom stereocenters. The molecule has 3 N–H and O–H groups in total. The lowest BCUT2D eigenvalue weighted by Crippen LogP contribution is -2.38. The summed E-state index contributed by atoms with van der Waals surface area (Å²) in [4.78, 5) is 39.6. The Labute approximate surface area is 199 Å². The van der Waals surface area contributed by atoms with Crippen molar-refractivity contribution in [3.05, 3.63) is 70.7 Å². The number of aliphatic carboxylic acids is 1. The fourth-order valence-electron chi connectivity index (χ4n) is 3.87.